The molecule has 0 aliphatic rings. The summed E-state index contributed by atoms with van der Waals surface area (Å²) in [4.78, 5) is 0. The normalized spacial score (nSPS) is 10.1. The Morgan fingerprint density at radius 2 is 1.36 bits per heavy atom. The van der Waals surface area contributed by atoms with Crippen LogP contribution in [0, 0.1) is 22.7 Å². The van der Waals surface area contributed by atoms with E-state index in [1.165, 1.54) is 57.8 Å². The molecule has 0 bridgehead atoms. The summed E-state index contributed by atoms with van der Waals surface area (Å²) in [6.45, 7) is 2.25. The monoisotopic (exact) mass is 296 g/mol. The van der Waals surface area contributed by atoms with Crippen LogP contribution in [-0.4, -0.2) is 0 Å². The minimum Gasteiger partial charge on any atom is -0.192 e. The van der Waals surface area contributed by atoms with E-state index in [4.69, 9.17) is 5.26 Å². The molecular weight excluding hydrogens is 268 g/mol. The van der Waals surface area contributed by atoms with Gasteiger partial charge in [-0.2, -0.15) is 10.5 Å². The highest BCUT2D eigenvalue weighted by Crippen LogP contribution is 2.17. The largest absolute Gasteiger partial charge is 0.192 e. The number of hydrogen-bond donors (Lipinski definition) is 0. The predicted molar refractivity (Wildman–Crippen MR) is 91.4 cm³/mol. The molecule has 0 aromatic heterocycles. The molecule has 2 heteroatoms. The molecule has 0 amide bonds. The van der Waals surface area contributed by atoms with Crippen molar-refractivity contribution in [3.63, 3.8) is 0 Å². The second-order valence-electron chi connectivity index (χ2n) is 6.00. The molecule has 0 aliphatic heterocycles. The van der Waals surface area contributed by atoms with Crippen LogP contribution >= 0.6 is 0 Å². The molecule has 1 aromatic rings. The van der Waals surface area contributed by atoms with Gasteiger partial charge in [-0.3, -0.25) is 0 Å². The van der Waals surface area contributed by atoms with Gasteiger partial charge in [-0.15, -0.1) is 0 Å². The number of rotatable bonds is 11. The molecule has 0 aliphatic carbocycles. The fourth-order valence-electron chi connectivity index (χ4n) is 2.84. The molecule has 0 unspecified atom stereocenters. The fourth-order valence-corrected chi connectivity index (χ4v) is 2.84. The molecule has 0 fully saturated rings. The average molecular weight is 296 g/mol. The smallest absolute Gasteiger partial charge is 0.101 e. The SMILES string of the molecule is CCCCCCCCCCCCc1cccc(C#N)c1C#N. The summed E-state index contributed by atoms with van der Waals surface area (Å²) in [5.41, 5.74) is 2.11. The maximum Gasteiger partial charge on any atom is 0.101 e. The molecular formula is C20H28N2. The van der Waals surface area contributed by atoms with Gasteiger partial charge in [-0.25, -0.2) is 0 Å². The number of hydrogen-bond acceptors (Lipinski definition) is 2. The Kier molecular flexibility index (Phi) is 9.80. The summed E-state index contributed by atoms with van der Waals surface area (Å²) in [5, 5.41) is 18.2. The molecule has 1 rings (SSSR count). The molecule has 0 atom stereocenters. The highest BCUT2D eigenvalue weighted by atomic mass is 14.3. The van der Waals surface area contributed by atoms with E-state index in [0.29, 0.717) is 11.1 Å². The zero-order valence-electron chi connectivity index (χ0n) is 13.9. The molecule has 0 heterocycles. The van der Waals surface area contributed by atoms with Gasteiger partial charge in [0, 0.05) is 0 Å². The van der Waals surface area contributed by atoms with Crippen LogP contribution in [-0.2, 0) is 6.42 Å². The Balaban J connectivity index is 2.16. The Hall–Kier alpha value is -1.80. The lowest BCUT2D eigenvalue weighted by molar-refractivity contribution is 0.556. The summed E-state index contributed by atoms with van der Waals surface area (Å²) in [5.74, 6) is 0. The van der Waals surface area contributed by atoms with Gasteiger partial charge >= 0.3 is 0 Å². The maximum atomic E-state index is 9.19. The summed E-state index contributed by atoms with van der Waals surface area (Å²) in [6.07, 6.45) is 14.1. The lowest BCUT2D eigenvalue weighted by atomic mass is 9.97. The van der Waals surface area contributed by atoms with E-state index in [1.54, 1.807) is 6.07 Å². The van der Waals surface area contributed by atoms with E-state index in [2.05, 4.69) is 19.1 Å². The van der Waals surface area contributed by atoms with Crippen molar-refractivity contribution >= 4 is 0 Å². The van der Waals surface area contributed by atoms with Crippen LogP contribution in [0.4, 0.5) is 0 Å². The minimum atomic E-state index is 0.507. The van der Waals surface area contributed by atoms with Crippen molar-refractivity contribution in [2.75, 3.05) is 0 Å². The van der Waals surface area contributed by atoms with Crippen molar-refractivity contribution in [1.82, 2.24) is 0 Å². The molecule has 1 aromatic carbocycles. The highest BCUT2D eigenvalue weighted by Gasteiger charge is 2.06. The first-order valence-corrected chi connectivity index (χ1v) is 8.75. The van der Waals surface area contributed by atoms with Gasteiger partial charge < -0.3 is 0 Å². The molecule has 0 saturated heterocycles. The van der Waals surface area contributed by atoms with E-state index >= 15 is 0 Å². The van der Waals surface area contributed by atoms with E-state index in [9.17, 15) is 5.26 Å². The lowest BCUT2D eigenvalue weighted by Crippen LogP contribution is -1.94. The number of unbranched alkanes of at least 4 members (excludes halogenated alkanes) is 9. The van der Waals surface area contributed by atoms with Gasteiger partial charge in [-0.05, 0) is 24.5 Å². The summed E-state index contributed by atoms with van der Waals surface area (Å²) < 4.78 is 0. The first-order valence-electron chi connectivity index (χ1n) is 8.75. The van der Waals surface area contributed by atoms with Crippen LogP contribution in [0.25, 0.3) is 0 Å². The fraction of sp³-hybridized carbons (Fsp3) is 0.600. The van der Waals surface area contributed by atoms with Crippen molar-refractivity contribution in [3.8, 4) is 12.1 Å². The van der Waals surface area contributed by atoms with Crippen LogP contribution in [0.2, 0.25) is 0 Å². The zero-order chi connectivity index (χ0) is 16.0. The minimum absolute atomic E-state index is 0.507. The molecule has 0 saturated carbocycles. The summed E-state index contributed by atoms with van der Waals surface area (Å²) in [6, 6.07) is 9.86. The molecule has 2 nitrogen and oxygen atoms in total. The van der Waals surface area contributed by atoms with Gasteiger partial charge in [-0.1, -0.05) is 76.8 Å². The molecule has 118 valence electrons. The third-order valence-corrected chi connectivity index (χ3v) is 4.18. The standard InChI is InChI=1S/C20H28N2/c1-2-3-4-5-6-7-8-9-10-11-13-18-14-12-15-19(16-21)20(18)17-22/h12,14-15H,2-11,13H2,1H3. The first kappa shape index (κ1) is 18.2. The number of aryl methyl sites for hydroxylation is 1. The van der Waals surface area contributed by atoms with Crippen LogP contribution in [0.3, 0.4) is 0 Å². The third-order valence-electron chi connectivity index (χ3n) is 4.18. The van der Waals surface area contributed by atoms with E-state index in [1.807, 2.05) is 12.1 Å². The highest BCUT2D eigenvalue weighted by molar-refractivity contribution is 5.50. The van der Waals surface area contributed by atoms with E-state index in [-0.39, 0.29) is 0 Å². The molecule has 0 radical (unpaired) electrons. The van der Waals surface area contributed by atoms with Crippen molar-refractivity contribution in [1.29, 1.82) is 10.5 Å². The van der Waals surface area contributed by atoms with E-state index in [0.717, 1.165) is 18.4 Å². The van der Waals surface area contributed by atoms with Crippen LogP contribution in [0.1, 0.15) is 87.8 Å². The average Bonchev–Trinajstić information content (AvgIpc) is 2.56. The van der Waals surface area contributed by atoms with Gasteiger partial charge in [0.25, 0.3) is 0 Å². The molecule has 22 heavy (non-hydrogen) atoms. The Morgan fingerprint density at radius 3 is 1.91 bits per heavy atom. The Labute approximate surface area is 135 Å². The number of benzene rings is 1. The van der Waals surface area contributed by atoms with Crippen LogP contribution < -0.4 is 0 Å². The van der Waals surface area contributed by atoms with Crippen molar-refractivity contribution in [2.24, 2.45) is 0 Å². The van der Waals surface area contributed by atoms with Crippen molar-refractivity contribution < 1.29 is 0 Å². The third kappa shape index (κ3) is 6.77. The number of nitriles is 2. The molecule has 0 spiro atoms. The van der Waals surface area contributed by atoms with Crippen molar-refractivity contribution in [2.45, 2.75) is 77.6 Å². The topological polar surface area (TPSA) is 47.6 Å². The Morgan fingerprint density at radius 1 is 0.773 bits per heavy atom. The van der Waals surface area contributed by atoms with Gasteiger partial charge in [0.15, 0.2) is 0 Å². The van der Waals surface area contributed by atoms with Crippen molar-refractivity contribution in [3.05, 3.63) is 34.9 Å². The van der Waals surface area contributed by atoms with Crippen LogP contribution in [0.5, 0.6) is 0 Å². The zero-order valence-corrected chi connectivity index (χ0v) is 13.9. The second-order valence-corrected chi connectivity index (χ2v) is 6.00. The van der Waals surface area contributed by atoms with Gasteiger partial charge in [0.1, 0.15) is 12.1 Å². The first-order chi connectivity index (χ1) is 10.8. The quantitative estimate of drug-likeness (QED) is 0.478. The van der Waals surface area contributed by atoms with Crippen LogP contribution in [0.15, 0.2) is 18.2 Å². The van der Waals surface area contributed by atoms with Gasteiger partial charge in [0.2, 0.25) is 0 Å². The Bertz CT molecular complexity index is 505. The second kappa shape index (κ2) is 11.8. The molecule has 0 N–H and O–H groups in total. The number of nitrogens with zero attached hydrogens (tertiary/aromatic N) is 2. The summed E-state index contributed by atoms with van der Waals surface area (Å²) in [7, 11) is 0. The van der Waals surface area contributed by atoms with E-state index < -0.39 is 0 Å². The lowest BCUT2D eigenvalue weighted by Gasteiger charge is -2.05. The summed E-state index contributed by atoms with van der Waals surface area (Å²) >= 11 is 0. The van der Waals surface area contributed by atoms with Gasteiger partial charge in [0.05, 0.1) is 11.1 Å². The maximum absolute atomic E-state index is 9.19. The predicted octanol–water partition coefficient (Wildman–Crippen LogP) is 5.89.